The van der Waals surface area contributed by atoms with Crippen LogP contribution in [0.25, 0.3) is 22.5 Å². The van der Waals surface area contributed by atoms with E-state index in [0.29, 0.717) is 5.82 Å². The molecule has 0 saturated carbocycles. The van der Waals surface area contributed by atoms with Gasteiger partial charge in [-0.15, -0.1) is 0 Å². The molecule has 0 atom stereocenters. The molecule has 0 aliphatic carbocycles. The molecule has 1 heterocycles. The van der Waals surface area contributed by atoms with Crippen LogP contribution in [0, 0.1) is 0 Å². The van der Waals surface area contributed by atoms with Gasteiger partial charge < -0.3 is 10.3 Å². The standard InChI is InChI=1S/C17H16N2O/c1-2-12-8-6-7-11-14(12)16-15(17(18)19-20-16)13-9-4-3-5-10-13/h3-11H,2H2,1H3,(H2,18,19). The van der Waals surface area contributed by atoms with Crippen LogP contribution in [0.15, 0.2) is 59.1 Å². The fourth-order valence-corrected chi connectivity index (χ4v) is 2.42. The highest BCUT2D eigenvalue weighted by Gasteiger charge is 2.18. The van der Waals surface area contributed by atoms with Gasteiger partial charge in [0.15, 0.2) is 11.6 Å². The number of rotatable bonds is 3. The van der Waals surface area contributed by atoms with Gasteiger partial charge in [0, 0.05) is 5.56 Å². The Kier molecular flexibility index (Phi) is 3.25. The smallest absolute Gasteiger partial charge is 0.177 e. The Bertz CT molecular complexity index is 717. The van der Waals surface area contributed by atoms with Crippen molar-refractivity contribution in [2.75, 3.05) is 5.73 Å². The van der Waals surface area contributed by atoms with E-state index in [1.807, 2.05) is 48.5 Å². The predicted octanol–water partition coefficient (Wildman–Crippen LogP) is 4.15. The largest absolute Gasteiger partial charge is 0.380 e. The fourth-order valence-electron chi connectivity index (χ4n) is 2.42. The molecule has 3 aromatic rings. The molecule has 2 aromatic carbocycles. The van der Waals surface area contributed by atoms with E-state index < -0.39 is 0 Å². The van der Waals surface area contributed by atoms with E-state index in [4.69, 9.17) is 10.3 Å². The zero-order valence-corrected chi connectivity index (χ0v) is 11.3. The van der Waals surface area contributed by atoms with Crippen molar-refractivity contribution in [2.24, 2.45) is 0 Å². The third kappa shape index (κ3) is 2.07. The first-order valence-corrected chi connectivity index (χ1v) is 6.70. The van der Waals surface area contributed by atoms with Gasteiger partial charge in [-0.2, -0.15) is 0 Å². The normalized spacial score (nSPS) is 10.7. The molecule has 3 heteroatoms. The summed E-state index contributed by atoms with van der Waals surface area (Å²) in [7, 11) is 0. The molecule has 3 rings (SSSR count). The molecule has 0 radical (unpaired) electrons. The lowest BCUT2D eigenvalue weighted by molar-refractivity contribution is 0.436. The number of nitrogens with zero attached hydrogens (tertiary/aromatic N) is 1. The average Bonchev–Trinajstić information content (AvgIpc) is 2.89. The Morgan fingerprint density at radius 2 is 1.70 bits per heavy atom. The topological polar surface area (TPSA) is 52.0 Å². The molecule has 0 unspecified atom stereocenters. The van der Waals surface area contributed by atoms with Gasteiger partial charge >= 0.3 is 0 Å². The van der Waals surface area contributed by atoms with Crippen LogP contribution < -0.4 is 5.73 Å². The van der Waals surface area contributed by atoms with E-state index >= 15 is 0 Å². The number of hydrogen-bond acceptors (Lipinski definition) is 3. The second-order valence-electron chi connectivity index (χ2n) is 4.65. The SMILES string of the molecule is CCc1ccccc1-c1onc(N)c1-c1ccccc1. The van der Waals surface area contributed by atoms with Crippen LogP contribution in [-0.4, -0.2) is 5.16 Å². The lowest BCUT2D eigenvalue weighted by Gasteiger charge is -2.07. The molecular weight excluding hydrogens is 248 g/mol. The van der Waals surface area contributed by atoms with E-state index in [9.17, 15) is 0 Å². The summed E-state index contributed by atoms with van der Waals surface area (Å²) in [6.45, 7) is 2.13. The van der Waals surface area contributed by atoms with Crippen molar-refractivity contribution in [3.05, 3.63) is 60.2 Å². The van der Waals surface area contributed by atoms with Crippen molar-refractivity contribution in [2.45, 2.75) is 13.3 Å². The second kappa shape index (κ2) is 5.21. The van der Waals surface area contributed by atoms with E-state index in [2.05, 4.69) is 18.1 Å². The van der Waals surface area contributed by atoms with Gasteiger partial charge in [-0.05, 0) is 17.5 Å². The molecule has 0 spiro atoms. The molecule has 0 amide bonds. The zero-order chi connectivity index (χ0) is 13.9. The van der Waals surface area contributed by atoms with Crippen LogP contribution in [0.1, 0.15) is 12.5 Å². The van der Waals surface area contributed by atoms with Crippen molar-refractivity contribution < 1.29 is 4.52 Å². The molecule has 20 heavy (non-hydrogen) atoms. The lowest BCUT2D eigenvalue weighted by Crippen LogP contribution is -1.90. The number of aryl methyl sites for hydroxylation is 1. The quantitative estimate of drug-likeness (QED) is 0.773. The molecule has 0 saturated heterocycles. The van der Waals surface area contributed by atoms with Crippen LogP contribution in [0.4, 0.5) is 5.82 Å². The van der Waals surface area contributed by atoms with Crippen LogP contribution >= 0.6 is 0 Å². The third-order valence-electron chi connectivity index (χ3n) is 3.42. The Morgan fingerprint density at radius 1 is 1.00 bits per heavy atom. The number of nitrogen functional groups attached to an aromatic ring is 1. The van der Waals surface area contributed by atoms with Gasteiger partial charge in [-0.3, -0.25) is 0 Å². The highest BCUT2D eigenvalue weighted by atomic mass is 16.5. The highest BCUT2D eigenvalue weighted by Crippen LogP contribution is 2.37. The molecular formula is C17H16N2O. The summed E-state index contributed by atoms with van der Waals surface area (Å²) >= 11 is 0. The molecule has 0 fully saturated rings. The summed E-state index contributed by atoms with van der Waals surface area (Å²) in [6, 6.07) is 18.2. The van der Waals surface area contributed by atoms with Gasteiger partial charge in [-0.1, -0.05) is 66.7 Å². The van der Waals surface area contributed by atoms with Crippen LogP contribution in [-0.2, 0) is 6.42 Å². The number of hydrogen-bond donors (Lipinski definition) is 1. The van der Waals surface area contributed by atoms with Gasteiger partial charge in [0.05, 0.1) is 5.56 Å². The van der Waals surface area contributed by atoms with E-state index in [1.54, 1.807) is 0 Å². The summed E-state index contributed by atoms with van der Waals surface area (Å²) in [5.41, 5.74) is 10.2. The van der Waals surface area contributed by atoms with Gasteiger partial charge in [-0.25, -0.2) is 0 Å². The minimum absolute atomic E-state index is 0.428. The number of benzene rings is 2. The van der Waals surface area contributed by atoms with Crippen molar-refractivity contribution >= 4 is 5.82 Å². The van der Waals surface area contributed by atoms with Crippen molar-refractivity contribution in [3.8, 4) is 22.5 Å². The lowest BCUT2D eigenvalue weighted by atomic mass is 9.97. The Balaban J connectivity index is 2.22. The van der Waals surface area contributed by atoms with Gasteiger partial charge in [0.1, 0.15) is 0 Å². The monoisotopic (exact) mass is 264 g/mol. The third-order valence-corrected chi connectivity index (χ3v) is 3.42. The number of aromatic nitrogens is 1. The van der Waals surface area contributed by atoms with E-state index in [-0.39, 0.29) is 0 Å². The van der Waals surface area contributed by atoms with Crippen LogP contribution in [0.5, 0.6) is 0 Å². The molecule has 2 N–H and O–H groups in total. The Morgan fingerprint density at radius 3 is 2.45 bits per heavy atom. The van der Waals surface area contributed by atoms with Gasteiger partial charge in [0.2, 0.25) is 0 Å². The average molecular weight is 264 g/mol. The maximum Gasteiger partial charge on any atom is 0.177 e. The Hall–Kier alpha value is -2.55. The minimum atomic E-state index is 0.428. The minimum Gasteiger partial charge on any atom is -0.380 e. The zero-order valence-electron chi connectivity index (χ0n) is 11.3. The highest BCUT2D eigenvalue weighted by molar-refractivity contribution is 5.87. The predicted molar refractivity (Wildman–Crippen MR) is 81.2 cm³/mol. The fraction of sp³-hybridized carbons (Fsp3) is 0.118. The molecule has 1 aromatic heterocycles. The molecule has 3 nitrogen and oxygen atoms in total. The molecule has 0 aliphatic rings. The first-order valence-electron chi connectivity index (χ1n) is 6.70. The molecule has 100 valence electrons. The Labute approximate surface area is 118 Å². The molecule has 0 bridgehead atoms. The van der Waals surface area contributed by atoms with Crippen molar-refractivity contribution in [3.63, 3.8) is 0 Å². The summed E-state index contributed by atoms with van der Waals surface area (Å²) in [5, 5.41) is 3.95. The van der Waals surface area contributed by atoms with E-state index in [1.165, 1.54) is 5.56 Å². The maximum absolute atomic E-state index is 6.00. The summed E-state index contributed by atoms with van der Waals surface area (Å²) in [6.07, 6.45) is 0.936. The van der Waals surface area contributed by atoms with Gasteiger partial charge in [0.25, 0.3) is 0 Å². The number of nitrogens with two attached hydrogens (primary N) is 1. The summed E-state index contributed by atoms with van der Waals surface area (Å²) < 4.78 is 5.50. The van der Waals surface area contributed by atoms with Crippen molar-refractivity contribution in [1.29, 1.82) is 0 Å². The summed E-state index contributed by atoms with van der Waals surface area (Å²) in [4.78, 5) is 0. The first kappa shape index (κ1) is 12.5. The second-order valence-corrected chi connectivity index (χ2v) is 4.65. The number of anilines is 1. The van der Waals surface area contributed by atoms with Crippen LogP contribution in [0.3, 0.4) is 0 Å². The van der Waals surface area contributed by atoms with Crippen molar-refractivity contribution in [1.82, 2.24) is 5.16 Å². The first-order chi connectivity index (χ1) is 9.81. The summed E-state index contributed by atoms with van der Waals surface area (Å²) in [5.74, 6) is 1.17. The van der Waals surface area contributed by atoms with E-state index in [0.717, 1.165) is 28.9 Å². The maximum atomic E-state index is 6.00. The molecule has 0 aliphatic heterocycles. The van der Waals surface area contributed by atoms with Crippen LogP contribution in [0.2, 0.25) is 0 Å².